The summed E-state index contributed by atoms with van der Waals surface area (Å²) < 4.78 is 11.3. The van der Waals surface area contributed by atoms with Gasteiger partial charge < -0.3 is 14.5 Å². The largest absolute Gasteiger partial charge is 0.465 e. The fraction of sp³-hybridized carbons (Fsp3) is 0.450. The lowest BCUT2D eigenvalue weighted by molar-refractivity contribution is -0.120. The van der Waals surface area contributed by atoms with Crippen LogP contribution in [0.2, 0.25) is 0 Å². The molecule has 0 aliphatic carbocycles. The second-order valence-corrected chi connectivity index (χ2v) is 8.02. The Bertz CT molecular complexity index is 745. The summed E-state index contributed by atoms with van der Waals surface area (Å²) in [5, 5.41) is 3.12. The Hall–Kier alpha value is -1.76. The van der Waals surface area contributed by atoms with Crippen molar-refractivity contribution in [2.24, 2.45) is 0 Å². The summed E-state index contributed by atoms with van der Waals surface area (Å²) in [6, 6.07) is 12.3. The van der Waals surface area contributed by atoms with Crippen molar-refractivity contribution >= 4 is 17.7 Å². The molecule has 1 saturated heterocycles. The molecule has 26 heavy (non-hydrogen) atoms. The lowest BCUT2D eigenvalue weighted by Gasteiger charge is -2.33. The lowest BCUT2D eigenvalue weighted by Crippen LogP contribution is -2.45. The van der Waals surface area contributed by atoms with Crippen LogP contribution in [0.25, 0.3) is 0 Å². The highest BCUT2D eigenvalue weighted by atomic mass is 32.2. The molecule has 0 spiro atoms. The Morgan fingerprint density at radius 3 is 2.81 bits per heavy atom. The quantitative estimate of drug-likeness (QED) is 0.875. The molecule has 138 valence electrons. The summed E-state index contributed by atoms with van der Waals surface area (Å²) in [5.74, 6) is 1.91. The van der Waals surface area contributed by atoms with Crippen molar-refractivity contribution in [2.45, 2.75) is 29.5 Å². The number of thioether (sulfide) groups is 1. The van der Waals surface area contributed by atoms with E-state index in [2.05, 4.69) is 22.3 Å². The molecule has 2 unspecified atom stereocenters. The molecule has 0 saturated carbocycles. The summed E-state index contributed by atoms with van der Waals surface area (Å²) >= 11 is 1.66. The maximum atomic E-state index is 12.7. The number of nitrogens with zero attached hydrogens (tertiary/aromatic N) is 1. The van der Waals surface area contributed by atoms with E-state index in [0.717, 1.165) is 44.2 Å². The molecule has 1 aromatic carbocycles. The molecule has 1 amide bonds. The topological polar surface area (TPSA) is 54.7 Å². The summed E-state index contributed by atoms with van der Waals surface area (Å²) in [4.78, 5) is 16.3. The van der Waals surface area contributed by atoms with E-state index in [1.165, 1.54) is 10.5 Å². The first-order valence-electron chi connectivity index (χ1n) is 9.11. The Morgan fingerprint density at radius 1 is 1.27 bits per heavy atom. The first-order chi connectivity index (χ1) is 12.7. The molecule has 1 fully saturated rings. The second kappa shape index (κ2) is 7.86. The Labute approximate surface area is 158 Å². The molecular weight excluding hydrogens is 348 g/mol. The number of carbonyl (C=O) groups excluding carboxylic acids is 1. The zero-order valence-corrected chi connectivity index (χ0v) is 15.8. The van der Waals surface area contributed by atoms with E-state index in [0.29, 0.717) is 6.54 Å². The molecule has 6 heteroatoms. The third-order valence-electron chi connectivity index (χ3n) is 4.99. The van der Waals surface area contributed by atoms with E-state index in [1.54, 1.807) is 11.8 Å². The molecule has 5 nitrogen and oxygen atoms in total. The predicted octanol–water partition coefficient (Wildman–Crippen LogP) is 2.79. The van der Waals surface area contributed by atoms with Crippen LogP contribution in [0.1, 0.15) is 23.1 Å². The molecule has 2 aliphatic rings. The van der Waals surface area contributed by atoms with Crippen molar-refractivity contribution in [1.29, 1.82) is 0 Å². The number of benzene rings is 1. The molecule has 1 N–H and O–H groups in total. The Balaban J connectivity index is 1.41. The van der Waals surface area contributed by atoms with Gasteiger partial charge in [-0.15, -0.1) is 11.8 Å². The van der Waals surface area contributed by atoms with E-state index >= 15 is 0 Å². The number of hydrogen-bond donors (Lipinski definition) is 1. The molecule has 0 radical (unpaired) electrons. The SMILES string of the molecule is Cc1ccc(C(CNC(=O)C2Cc3ccccc3S2)N2CCOCC2)o1. The van der Waals surface area contributed by atoms with E-state index in [1.807, 2.05) is 31.2 Å². The van der Waals surface area contributed by atoms with Gasteiger partial charge in [0.25, 0.3) is 0 Å². The van der Waals surface area contributed by atoms with E-state index in [-0.39, 0.29) is 17.2 Å². The van der Waals surface area contributed by atoms with Crippen LogP contribution in [0.15, 0.2) is 45.7 Å². The number of hydrogen-bond acceptors (Lipinski definition) is 5. The molecule has 2 atom stereocenters. The minimum atomic E-state index is -0.0453. The Kier molecular flexibility index (Phi) is 5.33. The maximum absolute atomic E-state index is 12.7. The summed E-state index contributed by atoms with van der Waals surface area (Å²) in [6.45, 7) is 5.65. The number of carbonyl (C=O) groups is 1. The van der Waals surface area contributed by atoms with Crippen LogP contribution in [-0.2, 0) is 16.0 Å². The number of ether oxygens (including phenoxy) is 1. The highest BCUT2D eigenvalue weighted by Crippen LogP contribution is 2.36. The highest BCUT2D eigenvalue weighted by Gasteiger charge is 2.30. The normalized spacial score (nSPS) is 21.3. The van der Waals surface area contributed by atoms with Crippen LogP contribution in [0.5, 0.6) is 0 Å². The van der Waals surface area contributed by atoms with Gasteiger partial charge in [-0.2, -0.15) is 0 Å². The molecule has 2 aromatic rings. The van der Waals surface area contributed by atoms with Crippen LogP contribution >= 0.6 is 11.8 Å². The summed E-state index contributed by atoms with van der Waals surface area (Å²) in [5.41, 5.74) is 1.27. The number of nitrogens with one attached hydrogen (secondary N) is 1. The van der Waals surface area contributed by atoms with Gasteiger partial charge in [0.2, 0.25) is 5.91 Å². The van der Waals surface area contributed by atoms with E-state index < -0.39 is 0 Å². The van der Waals surface area contributed by atoms with Gasteiger partial charge in [0.15, 0.2) is 0 Å². The van der Waals surface area contributed by atoms with Crippen LogP contribution in [0, 0.1) is 6.92 Å². The third kappa shape index (κ3) is 3.82. The molecule has 2 aliphatic heterocycles. The summed E-state index contributed by atoms with van der Waals surface area (Å²) in [7, 11) is 0. The van der Waals surface area contributed by atoms with Gasteiger partial charge in [0.1, 0.15) is 11.5 Å². The maximum Gasteiger partial charge on any atom is 0.233 e. The molecule has 0 bridgehead atoms. The molecule has 1 aromatic heterocycles. The zero-order chi connectivity index (χ0) is 17.9. The van der Waals surface area contributed by atoms with Crippen LogP contribution in [0.3, 0.4) is 0 Å². The third-order valence-corrected chi connectivity index (χ3v) is 6.30. The van der Waals surface area contributed by atoms with Crippen molar-refractivity contribution < 1.29 is 13.9 Å². The van der Waals surface area contributed by atoms with Crippen LogP contribution in [0.4, 0.5) is 0 Å². The van der Waals surface area contributed by atoms with Gasteiger partial charge in [-0.3, -0.25) is 9.69 Å². The fourth-order valence-electron chi connectivity index (χ4n) is 3.57. The van der Waals surface area contributed by atoms with Gasteiger partial charge in [-0.25, -0.2) is 0 Å². The van der Waals surface area contributed by atoms with E-state index in [4.69, 9.17) is 9.15 Å². The lowest BCUT2D eigenvalue weighted by atomic mass is 10.1. The molecular formula is C20H24N2O3S. The Morgan fingerprint density at radius 2 is 2.08 bits per heavy atom. The minimum absolute atomic E-state index is 0.0453. The second-order valence-electron chi connectivity index (χ2n) is 6.78. The molecule has 3 heterocycles. The monoisotopic (exact) mass is 372 g/mol. The van der Waals surface area contributed by atoms with Crippen molar-refractivity contribution in [2.75, 3.05) is 32.8 Å². The van der Waals surface area contributed by atoms with Gasteiger partial charge >= 0.3 is 0 Å². The number of aryl methyl sites for hydroxylation is 1. The van der Waals surface area contributed by atoms with Gasteiger partial charge in [-0.05, 0) is 37.1 Å². The van der Waals surface area contributed by atoms with Crippen molar-refractivity contribution in [3.8, 4) is 0 Å². The van der Waals surface area contributed by atoms with Gasteiger partial charge in [0.05, 0.1) is 24.5 Å². The van der Waals surface area contributed by atoms with Crippen molar-refractivity contribution in [3.05, 3.63) is 53.5 Å². The van der Waals surface area contributed by atoms with Crippen molar-refractivity contribution in [1.82, 2.24) is 10.2 Å². The average molecular weight is 372 g/mol. The zero-order valence-electron chi connectivity index (χ0n) is 14.9. The smallest absolute Gasteiger partial charge is 0.233 e. The van der Waals surface area contributed by atoms with E-state index in [9.17, 15) is 4.79 Å². The van der Waals surface area contributed by atoms with Crippen LogP contribution in [-0.4, -0.2) is 48.9 Å². The summed E-state index contributed by atoms with van der Waals surface area (Å²) in [6.07, 6.45) is 0.800. The predicted molar refractivity (Wildman–Crippen MR) is 101 cm³/mol. The highest BCUT2D eigenvalue weighted by molar-refractivity contribution is 8.01. The minimum Gasteiger partial charge on any atom is -0.465 e. The average Bonchev–Trinajstić information content (AvgIpc) is 3.29. The number of furan rings is 1. The fourth-order valence-corrected chi connectivity index (χ4v) is 4.79. The van der Waals surface area contributed by atoms with Gasteiger partial charge in [-0.1, -0.05) is 18.2 Å². The number of fused-ring (bicyclic) bond motifs is 1. The first kappa shape index (κ1) is 17.6. The first-order valence-corrected chi connectivity index (χ1v) is 9.99. The van der Waals surface area contributed by atoms with Crippen LogP contribution < -0.4 is 5.32 Å². The number of rotatable bonds is 5. The number of amides is 1. The van der Waals surface area contributed by atoms with Gasteiger partial charge in [0, 0.05) is 24.5 Å². The standard InChI is InChI=1S/C20H24N2O3S/c1-14-6-7-17(25-14)16(22-8-10-24-11-9-22)13-21-20(23)19-12-15-4-2-3-5-18(15)26-19/h2-7,16,19H,8-13H2,1H3,(H,21,23). The molecule has 4 rings (SSSR count). The number of morpholine rings is 1. The van der Waals surface area contributed by atoms with Crippen molar-refractivity contribution in [3.63, 3.8) is 0 Å².